The van der Waals surface area contributed by atoms with E-state index in [1.165, 1.54) is 12.8 Å². The molecule has 9 nitrogen and oxygen atoms in total. The summed E-state index contributed by atoms with van der Waals surface area (Å²) >= 11 is 0. The summed E-state index contributed by atoms with van der Waals surface area (Å²) in [6.07, 6.45) is 5.71. The van der Waals surface area contributed by atoms with Gasteiger partial charge in [-0.2, -0.15) is 0 Å². The number of rotatable bonds is 7. The minimum atomic E-state index is -0.389. The molecule has 2 aromatic rings. The molecule has 2 heterocycles. The first-order chi connectivity index (χ1) is 15.0. The van der Waals surface area contributed by atoms with Gasteiger partial charge in [0.1, 0.15) is 17.0 Å². The molecule has 1 aromatic carbocycles. The lowest BCUT2D eigenvalue weighted by Gasteiger charge is -2.35. The van der Waals surface area contributed by atoms with Crippen molar-refractivity contribution in [1.29, 1.82) is 0 Å². The van der Waals surface area contributed by atoms with E-state index in [-0.39, 0.29) is 17.9 Å². The number of benzene rings is 1. The highest BCUT2D eigenvalue weighted by atomic mass is 16.5. The summed E-state index contributed by atoms with van der Waals surface area (Å²) < 4.78 is 12.8. The lowest BCUT2D eigenvalue weighted by Crippen LogP contribution is -2.47. The SMILES string of the molecule is COc1ccc(OC)c(CC(=O)N2CCC(c3nnnn3C3CCCC3)(N(C)C)C2)c1. The number of carbonyl (C=O) groups excluding carboxylic acids is 1. The summed E-state index contributed by atoms with van der Waals surface area (Å²) in [5.41, 5.74) is 0.435. The molecule has 0 N–H and O–H groups in total. The molecule has 1 amide bonds. The maximum Gasteiger partial charge on any atom is 0.227 e. The molecular formula is C22H32N6O3. The molecule has 9 heteroatoms. The lowest BCUT2D eigenvalue weighted by molar-refractivity contribution is -0.130. The quantitative estimate of drug-likeness (QED) is 0.667. The Morgan fingerprint density at radius 2 is 2.00 bits per heavy atom. The van der Waals surface area contributed by atoms with Gasteiger partial charge >= 0.3 is 0 Å². The Balaban J connectivity index is 1.56. The second kappa shape index (κ2) is 8.82. The summed E-state index contributed by atoms with van der Waals surface area (Å²) in [5.74, 6) is 2.34. The van der Waals surface area contributed by atoms with Crippen LogP contribution in [0.1, 0.15) is 49.5 Å². The molecule has 1 saturated carbocycles. The third kappa shape index (κ3) is 3.98. The number of hydrogen-bond acceptors (Lipinski definition) is 7. The highest BCUT2D eigenvalue weighted by molar-refractivity contribution is 5.80. The highest BCUT2D eigenvalue weighted by Gasteiger charge is 2.48. The first-order valence-electron chi connectivity index (χ1n) is 10.9. The van der Waals surface area contributed by atoms with Crippen LogP contribution in [-0.2, 0) is 16.8 Å². The molecule has 1 aliphatic carbocycles. The molecule has 1 saturated heterocycles. The van der Waals surface area contributed by atoms with Crippen LogP contribution in [0.2, 0.25) is 0 Å². The van der Waals surface area contributed by atoms with E-state index in [9.17, 15) is 4.79 Å². The van der Waals surface area contributed by atoms with Crippen molar-refractivity contribution in [2.24, 2.45) is 0 Å². The van der Waals surface area contributed by atoms with Gasteiger partial charge in [-0.15, -0.1) is 5.10 Å². The number of carbonyl (C=O) groups is 1. The monoisotopic (exact) mass is 428 g/mol. The van der Waals surface area contributed by atoms with Gasteiger partial charge in [-0.05, 0) is 62.0 Å². The standard InChI is InChI=1S/C22H32N6O3/c1-26(2)22(21-23-24-25-28(21)17-7-5-6-8-17)11-12-27(15-22)20(29)14-16-13-18(30-3)9-10-19(16)31-4/h9-10,13,17H,5-8,11-12,14-15H2,1-4H3. The Hall–Kier alpha value is -2.68. The van der Waals surface area contributed by atoms with Crippen LogP contribution in [0.4, 0.5) is 0 Å². The van der Waals surface area contributed by atoms with Crippen molar-refractivity contribution in [1.82, 2.24) is 30.0 Å². The zero-order valence-corrected chi connectivity index (χ0v) is 18.9. The number of likely N-dealkylation sites (N-methyl/N-ethyl adjacent to an activating group) is 1. The molecule has 1 aromatic heterocycles. The van der Waals surface area contributed by atoms with Crippen molar-refractivity contribution < 1.29 is 14.3 Å². The van der Waals surface area contributed by atoms with Crippen molar-refractivity contribution in [2.75, 3.05) is 41.4 Å². The maximum atomic E-state index is 13.3. The molecule has 0 bridgehead atoms. The number of hydrogen-bond donors (Lipinski definition) is 0. The van der Waals surface area contributed by atoms with Crippen molar-refractivity contribution in [3.8, 4) is 11.5 Å². The van der Waals surface area contributed by atoms with Crippen LogP contribution in [0.15, 0.2) is 18.2 Å². The number of aromatic nitrogens is 4. The summed E-state index contributed by atoms with van der Waals surface area (Å²) in [6, 6.07) is 5.90. The van der Waals surface area contributed by atoms with E-state index in [2.05, 4.69) is 20.4 Å². The van der Waals surface area contributed by atoms with Crippen molar-refractivity contribution in [3.05, 3.63) is 29.6 Å². The summed E-state index contributed by atoms with van der Waals surface area (Å²) in [4.78, 5) is 17.3. The van der Waals surface area contributed by atoms with E-state index < -0.39 is 0 Å². The Morgan fingerprint density at radius 1 is 1.23 bits per heavy atom. The van der Waals surface area contributed by atoms with E-state index in [0.29, 0.717) is 30.6 Å². The van der Waals surface area contributed by atoms with Crippen LogP contribution in [-0.4, -0.2) is 77.3 Å². The van der Waals surface area contributed by atoms with E-state index in [0.717, 1.165) is 30.7 Å². The van der Waals surface area contributed by atoms with E-state index in [1.54, 1.807) is 14.2 Å². The van der Waals surface area contributed by atoms with Gasteiger partial charge in [0.2, 0.25) is 5.91 Å². The third-order valence-corrected chi connectivity index (χ3v) is 6.87. The van der Waals surface area contributed by atoms with Crippen molar-refractivity contribution >= 4 is 5.91 Å². The fourth-order valence-electron chi connectivity index (χ4n) is 4.94. The van der Waals surface area contributed by atoms with Gasteiger partial charge in [-0.3, -0.25) is 9.69 Å². The van der Waals surface area contributed by atoms with Gasteiger partial charge < -0.3 is 14.4 Å². The number of methoxy groups -OCH3 is 2. The van der Waals surface area contributed by atoms with Crippen LogP contribution < -0.4 is 9.47 Å². The first-order valence-corrected chi connectivity index (χ1v) is 10.9. The number of ether oxygens (including phenoxy) is 2. The van der Waals surface area contributed by atoms with Crippen LogP contribution in [0.25, 0.3) is 0 Å². The molecule has 31 heavy (non-hydrogen) atoms. The molecule has 168 valence electrons. The molecule has 4 rings (SSSR count). The Labute approximate surface area is 183 Å². The minimum Gasteiger partial charge on any atom is -0.497 e. The molecule has 1 atom stereocenters. The van der Waals surface area contributed by atoms with Crippen LogP contribution in [0.3, 0.4) is 0 Å². The van der Waals surface area contributed by atoms with Gasteiger partial charge in [-0.1, -0.05) is 12.8 Å². The molecular weight excluding hydrogens is 396 g/mol. The molecule has 0 radical (unpaired) electrons. The predicted molar refractivity (Wildman–Crippen MR) is 115 cm³/mol. The normalized spacial score (nSPS) is 21.8. The van der Waals surface area contributed by atoms with Crippen LogP contribution in [0.5, 0.6) is 11.5 Å². The number of nitrogens with zero attached hydrogens (tertiary/aromatic N) is 6. The molecule has 0 spiro atoms. The zero-order chi connectivity index (χ0) is 22.0. The van der Waals surface area contributed by atoms with Gasteiger partial charge in [0.15, 0.2) is 5.82 Å². The maximum absolute atomic E-state index is 13.3. The number of likely N-dealkylation sites (tertiary alicyclic amines) is 1. The smallest absolute Gasteiger partial charge is 0.227 e. The lowest BCUT2D eigenvalue weighted by atomic mass is 9.95. The fraction of sp³-hybridized carbons (Fsp3) is 0.636. The summed E-state index contributed by atoms with van der Waals surface area (Å²) in [6.45, 7) is 1.24. The minimum absolute atomic E-state index is 0.0650. The summed E-state index contributed by atoms with van der Waals surface area (Å²) in [7, 11) is 7.33. The molecule has 2 fully saturated rings. The number of tetrazole rings is 1. The predicted octanol–water partition coefficient (Wildman–Crippen LogP) is 2.04. The molecule has 1 aliphatic heterocycles. The molecule has 2 aliphatic rings. The molecule has 1 unspecified atom stereocenters. The van der Waals surface area contributed by atoms with Gasteiger partial charge in [0.25, 0.3) is 0 Å². The van der Waals surface area contributed by atoms with Gasteiger partial charge in [0, 0.05) is 18.7 Å². The average molecular weight is 429 g/mol. The highest BCUT2D eigenvalue weighted by Crippen LogP contribution is 2.39. The Bertz CT molecular complexity index is 924. The van der Waals surface area contributed by atoms with Crippen molar-refractivity contribution in [2.45, 2.75) is 50.1 Å². The van der Waals surface area contributed by atoms with Gasteiger partial charge in [-0.25, -0.2) is 4.68 Å². The van der Waals surface area contributed by atoms with Crippen molar-refractivity contribution in [3.63, 3.8) is 0 Å². The fourth-order valence-corrected chi connectivity index (χ4v) is 4.94. The second-order valence-electron chi connectivity index (χ2n) is 8.73. The zero-order valence-electron chi connectivity index (χ0n) is 18.9. The van der Waals surface area contributed by atoms with E-state index >= 15 is 0 Å². The van der Waals surface area contributed by atoms with Gasteiger partial charge in [0.05, 0.1) is 26.7 Å². The average Bonchev–Trinajstić information content (AvgIpc) is 3.53. The first kappa shape index (κ1) is 21.5. The Kier molecular flexibility index (Phi) is 6.13. The largest absolute Gasteiger partial charge is 0.497 e. The Morgan fingerprint density at radius 3 is 2.68 bits per heavy atom. The number of amides is 1. The van der Waals surface area contributed by atoms with E-state index in [1.807, 2.05) is 41.9 Å². The van der Waals surface area contributed by atoms with Crippen LogP contribution in [0, 0.1) is 0 Å². The second-order valence-corrected chi connectivity index (χ2v) is 8.73. The third-order valence-electron chi connectivity index (χ3n) is 6.87. The van der Waals surface area contributed by atoms with Crippen LogP contribution >= 0.6 is 0 Å². The van der Waals surface area contributed by atoms with E-state index in [4.69, 9.17) is 9.47 Å². The summed E-state index contributed by atoms with van der Waals surface area (Å²) in [5, 5.41) is 12.8. The topological polar surface area (TPSA) is 85.6 Å².